The number of pyridine rings is 1. The Bertz CT molecular complexity index is 348. The Kier molecular flexibility index (Phi) is 2.45. The zero-order valence-corrected chi connectivity index (χ0v) is 7.99. The fraction of sp³-hybridized carbons (Fsp3) is 0.400. The molecule has 4 nitrogen and oxygen atoms in total. The largest absolute Gasteiger partial charge is 0.380 e. The second-order valence-corrected chi connectivity index (χ2v) is 3.44. The molecule has 1 aliphatic rings. The lowest BCUT2D eigenvalue weighted by molar-refractivity contribution is -0.133. The number of anilines is 1. The van der Waals surface area contributed by atoms with Crippen molar-refractivity contribution < 1.29 is 9.53 Å². The minimum atomic E-state index is -0.00523. The van der Waals surface area contributed by atoms with E-state index >= 15 is 0 Å². The summed E-state index contributed by atoms with van der Waals surface area (Å²) in [6.45, 7) is 3.01. The summed E-state index contributed by atoms with van der Waals surface area (Å²) in [5.74, 6) is 0.605. The highest BCUT2D eigenvalue weighted by molar-refractivity contribution is 5.92. The molecule has 0 unspecified atom stereocenters. The van der Waals surface area contributed by atoms with E-state index in [0.717, 1.165) is 5.56 Å². The third-order valence-electron chi connectivity index (χ3n) is 2.18. The Morgan fingerprint density at radius 2 is 2.43 bits per heavy atom. The van der Waals surface area contributed by atoms with Crippen molar-refractivity contribution in [3.8, 4) is 0 Å². The zero-order valence-electron chi connectivity index (χ0n) is 7.99. The monoisotopic (exact) mass is 192 g/mol. The highest BCUT2D eigenvalue weighted by Crippen LogP contribution is 2.13. The lowest BCUT2D eigenvalue weighted by Crippen LogP contribution is -2.38. The Balaban J connectivity index is 1.99. The smallest absolute Gasteiger partial charge is 0.233 e. The van der Waals surface area contributed by atoms with Crippen LogP contribution in [0.5, 0.6) is 0 Å². The van der Waals surface area contributed by atoms with Gasteiger partial charge in [-0.05, 0) is 24.6 Å². The van der Waals surface area contributed by atoms with E-state index < -0.39 is 0 Å². The van der Waals surface area contributed by atoms with Crippen molar-refractivity contribution in [2.75, 3.05) is 18.5 Å². The van der Waals surface area contributed by atoms with E-state index in [1.807, 2.05) is 19.1 Å². The van der Waals surface area contributed by atoms with Crippen molar-refractivity contribution in [2.45, 2.75) is 6.92 Å². The van der Waals surface area contributed by atoms with Gasteiger partial charge in [0, 0.05) is 6.20 Å². The van der Waals surface area contributed by atoms with Gasteiger partial charge in [-0.25, -0.2) is 4.98 Å². The predicted octanol–water partition coefficient (Wildman–Crippen LogP) is 0.975. The molecular weight excluding hydrogens is 180 g/mol. The molecule has 2 heterocycles. The van der Waals surface area contributed by atoms with Crippen molar-refractivity contribution in [3.05, 3.63) is 23.9 Å². The molecule has 4 heteroatoms. The lowest BCUT2D eigenvalue weighted by atomic mass is 10.1. The Labute approximate surface area is 82.3 Å². The van der Waals surface area contributed by atoms with Crippen LogP contribution in [0.25, 0.3) is 0 Å². The molecule has 1 aromatic rings. The van der Waals surface area contributed by atoms with Crippen LogP contribution in [0.15, 0.2) is 18.3 Å². The highest BCUT2D eigenvalue weighted by Gasteiger charge is 2.26. The number of amides is 1. The molecule has 0 aliphatic carbocycles. The van der Waals surface area contributed by atoms with Crippen LogP contribution in [0.4, 0.5) is 5.82 Å². The number of aromatic nitrogens is 1. The number of rotatable bonds is 2. The fourth-order valence-corrected chi connectivity index (χ4v) is 1.22. The van der Waals surface area contributed by atoms with E-state index in [2.05, 4.69) is 10.3 Å². The summed E-state index contributed by atoms with van der Waals surface area (Å²) in [6, 6.07) is 3.74. The lowest BCUT2D eigenvalue weighted by Gasteiger charge is -2.24. The number of hydrogen-bond acceptors (Lipinski definition) is 3. The van der Waals surface area contributed by atoms with Gasteiger partial charge in [0.05, 0.1) is 19.1 Å². The number of carbonyl (C=O) groups excluding carboxylic acids is 1. The van der Waals surface area contributed by atoms with Crippen molar-refractivity contribution in [1.82, 2.24) is 4.98 Å². The van der Waals surface area contributed by atoms with Crippen LogP contribution in [-0.4, -0.2) is 24.1 Å². The molecule has 74 valence electrons. The van der Waals surface area contributed by atoms with Crippen molar-refractivity contribution in [1.29, 1.82) is 0 Å². The van der Waals surface area contributed by atoms with Crippen LogP contribution in [-0.2, 0) is 9.53 Å². The molecule has 1 fully saturated rings. The van der Waals surface area contributed by atoms with E-state index in [-0.39, 0.29) is 11.8 Å². The zero-order chi connectivity index (χ0) is 9.97. The first-order valence-electron chi connectivity index (χ1n) is 4.57. The van der Waals surface area contributed by atoms with E-state index in [1.54, 1.807) is 6.20 Å². The molecule has 0 spiro atoms. The molecule has 2 rings (SSSR count). The maximum atomic E-state index is 11.5. The van der Waals surface area contributed by atoms with Gasteiger partial charge in [0.25, 0.3) is 0 Å². The molecule has 1 aromatic heterocycles. The van der Waals surface area contributed by atoms with E-state index in [1.165, 1.54) is 0 Å². The maximum Gasteiger partial charge on any atom is 0.233 e. The fourth-order valence-electron chi connectivity index (χ4n) is 1.22. The average Bonchev–Trinajstić information content (AvgIpc) is 1.99. The van der Waals surface area contributed by atoms with Crippen molar-refractivity contribution in [2.24, 2.45) is 5.92 Å². The van der Waals surface area contributed by atoms with Gasteiger partial charge in [0.1, 0.15) is 5.82 Å². The number of nitrogens with one attached hydrogen (secondary N) is 1. The minimum absolute atomic E-state index is 0.00249. The van der Waals surface area contributed by atoms with Gasteiger partial charge in [0.2, 0.25) is 5.91 Å². The van der Waals surface area contributed by atoms with Gasteiger partial charge in [-0.3, -0.25) is 4.79 Å². The third kappa shape index (κ3) is 1.90. The Morgan fingerprint density at radius 1 is 1.64 bits per heavy atom. The molecule has 0 bridgehead atoms. The average molecular weight is 192 g/mol. The molecule has 1 N–H and O–H groups in total. The summed E-state index contributed by atoms with van der Waals surface area (Å²) in [4.78, 5) is 15.5. The van der Waals surface area contributed by atoms with Crippen LogP contribution in [0.1, 0.15) is 5.56 Å². The number of carbonyl (C=O) groups is 1. The quantitative estimate of drug-likeness (QED) is 0.759. The van der Waals surface area contributed by atoms with Gasteiger partial charge >= 0.3 is 0 Å². The molecule has 1 aliphatic heterocycles. The van der Waals surface area contributed by atoms with Gasteiger partial charge in [-0.1, -0.05) is 0 Å². The maximum absolute atomic E-state index is 11.5. The molecule has 0 radical (unpaired) electrons. The van der Waals surface area contributed by atoms with Gasteiger partial charge < -0.3 is 10.1 Å². The Hall–Kier alpha value is -1.42. The van der Waals surface area contributed by atoms with Crippen molar-refractivity contribution >= 4 is 11.7 Å². The minimum Gasteiger partial charge on any atom is -0.380 e. The Morgan fingerprint density at radius 3 is 3.00 bits per heavy atom. The van der Waals surface area contributed by atoms with Crippen LogP contribution in [0.2, 0.25) is 0 Å². The van der Waals surface area contributed by atoms with Crippen LogP contribution in [0.3, 0.4) is 0 Å². The molecule has 0 aromatic carbocycles. The molecule has 14 heavy (non-hydrogen) atoms. The summed E-state index contributed by atoms with van der Waals surface area (Å²) in [5, 5.41) is 2.75. The van der Waals surface area contributed by atoms with Crippen LogP contribution in [0, 0.1) is 12.8 Å². The summed E-state index contributed by atoms with van der Waals surface area (Å²) >= 11 is 0. The molecular formula is C10H12N2O2. The number of nitrogens with zero attached hydrogens (tertiary/aromatic N) is 1. The van der Waals surface area contributed by atoms with Crippen LogP contribution >= 0.6 is 0 Å². The summed E-state index contributed by atoms with van der Waals surface area (Å²) in [5.41, 5.74) is 1.08. The number of ether oxygens (including phenoxy) is 1. The molecule has 1 saturated heterocycles. The summed E-state index contributed by atoms with van der Waals surface area (Å²) in [6.07, 6.45) is 1.68. The topological polar surface area (TPSA) is 51.2 Å². The normalized spacial score (nSPS) is 16.1. The first-order valence-corrected chi connectivity index (χ1v) is 4.57. The van der Waals surface area contributed by atoms with Gasteiger partial charge in [-0.15, -0.1) is 0 Å². The first-order chi connectivity index (χ1) is 6.75. The van der Waals surface area contributed by atoms with E-state index in [0.29, 0.717) is 19.0 Å². The van der Waals surface area contributed by atoms with E-state index in [9.17, 15) is 4.79 Å². The first kappa shape index (κ1) is 9.15. The second-order valence-electron chi connectivity index (χ2n) is 3.44. The van der Waals surface area contributed by atoms with Crippen LogP contribution < -0.4 is 5.32 Å². The molecule has 0 saturated carbocycles. The number of aryl methyl sites for hydroxylation is 1. The van der Waals surface area contributed by atoms with Gasteiger partial charge in [0.15, 0.2) is 0 Å². The van der Waals surface area contributed by atoms with Gasteiger partial charge in [-0.2, -0.15) is 0 Å². The second kappa shape index (κ2) is 3.75. The molecule has 1 amide bonds. The summed E-state index contributed by atoms with van der Waals surface area (Å²) < 4.78 is 4.94. The number of hydrogen-bond donors (Lipinski definition) is 1. The summed E-state index contributed by atoms with van der Waals surface area (Å²) in [7, 11) is 0. The van der Waals surface area contributed by atoms with Crippen molar-refractivity contribution in [3.63, 3.8) is 0 Å². The highest BCUT2D eigenvalue weighted by atomic mass is 16.5. The standard InChI is InChI=1S/C10H12N2O2/c1-7-2-3-11-9(4-7)12-10(13)8-5-14-6-8/h2-4,8H,5-6H2,1H3,(H,11,12,13). The predicted molar refractivity (Wildman–Crippen MR) is 51.9 cm³/mol. The SMILES string of the molecule is Cc1ccnc(NC(=O)C2COC2)c1. The van der Waals surface area contributed by atoms with E-state index in [4.69, 9.17) is 4.74 Å². The third-order valence-corrected chi connectivity index (χ3v) is 2.18. The molecule has 0 atom stereocenters.